The summed E-state index contributed by atoms with van der Waals surface area (Å²) < 4.78 is 58.2. The van der Waals surface area contributed by atoms with E-state index < -0.39 is 41.8 Å². The zero-order valence-corrected chi connectivity index (χ0v) is 25.4. The van der Waals surface area contributed by atoms with E-state index >= 15 is 0 Å². The molecule has 0 spiro atoms. The molecule has 0 fully saturated rings. The van der Waals surface area contributed by atoms with Gasteiger partial charge in [0.25, 0.3) is 0 Å². The first-order valence-corrected chi connectivity index (χ1v) is 14.5. The van der Waals surface area contributed by atoms with Gasteiger partial charge < -0.3 is 35.6 Å². The van der Waals surface area contributed by atoms with Crippen LogP contribution in [0.5, 0.6) is 5.75 Å². The van der Waals surface area contributed by atoms with Crippen molar-refractivity contribution in [1.29, 1.82) is 0 Å². The van der Waals surface area contributed by atoms with Gasteiger partial charge in [-0.05, 0) is 73.7 Å². The summed E-state index contributed by atoms with van der Waals surface area (Å²) in [7, 11) is 1.57. The van der Waals surface area contributed by atoms with Crippen LogP contribution in [-0.2, 0) is 17.4 Å². The van der Waals surface area contributed by atoms with Crippen LogP contribution in [0, 0.1) is 11.7 Å². The number of halogens is 4. The molecule has 3 aromatic rings. The third kappa shape index (κ3) is 8.87. The summed E-state index contributed by atoms with van der Waals surface area (Å²) >= 11 is 0. The number of likely N-dealkylation sites (N-methyl/N-ethyl adjacent to an activating group) is 1. The number of rotatable bonds is 7. The first-order valence-electron chi connectivity index (χ1n) is 14.5. The Morgan fingerprint density at radius 1 is 1.00 bits per heavy atom. The van der Waals surface area contributed by atoms with Crippen LogP contribution < -0.4 is 20.7 Å². The maximum Gasteiger partial charge on any atom is 0.416 e. The number of urea groups is 2. The molecular formula is C32H35F4N5O5. The molecule has 3 atom stereocenters. The lowest BCUT2D eigenvalue weighted by atomic mass is 10.0. The van der Waals surface area contributed by atoms with Gasteiger partial charge in [-0.25, -0.2) is 14.0 Å². The van der Waals surface area contributed by atoms with E-state index in [1.54, 1.807) is 37.1 Å². The Balaban J connectivity index is 1.53. The lowest BCUT2D eigenvalue weighted by molar-refractivity contribution is -0.137. The van der Waals surface area contributed by atoms with Crippen LogP contribution in [0.3, 0.4) is 0 Å². The third-order valence-electron chi connectivity index (χ3n) is 7.54. The molecule has 0 aliphatic carbocycles. The molecular weight excluding hydrogens is 610 g/mol. The van der Waals surface area contributed by atoms with Gasteiger partial charge in [0, 0.05) is 42.1 Å². The van der Waals surface area contributed by atoms with Crippen molar-refractivity contribution < 1.29 is 41.8 Å². The molecule has 5 amide bonds. The van der Waals surface area contributed by atoms with Crippen molar-refractivity contribution >= 4 is 35.0 Å². The number of ether oxygens (including phenoxy) is 1. The van der Waals surface area contributed by atoms with Gasteiger partial charge in [-0.1, -0.05) is 6.92 Å². The van der Waals surface area contributed by atoms with E-state index in [0.717, 1.165) is 24.3 Å². The van der Waals surface area contributed by atoms with Gasteiger partial charge in [0.05, 0.1) is 31.2 Å². The molecule has 0 bridgehead atoms. The number of benzene rings is 3. The van der Waals surface area contributed by atoms with Gasteiger partial charge in [-0.3, -0.25) is 4.79 Å². The molecule has 1 aliphatic rings. The van der Waals surface area contributed by atoms with E-state index in [2.05, 4.69) is 16.0 Å². The highest BCUT2D eigenvalue weighted by atomic mass is 19.4. The number of hydrogen-bond acceptors (Lipinski definition) is 5. The lowest BCUT2D eigenvalue weighted by Gasteiger charge is -2.34. The van der Waals surface area contributed by atoms with Gasteiger partial charge >= 0.3 is 18.2 Å². The van der Waals surface area contributed by atoms with Crippen LogP contribution in [-0.4, -0.2) is 71.8 Å². The Bertz CT molecular complexity index is 1540. The quantitative estimate of drug-likeness (QED) is 0.242. The van der Waals surface area contributed by atoms with E-state index in [0.29, 0.717) is 22.7 Å². The van der Waals surface area contributed by atoms with E-state index in [1.165, 1.54) is 29.2 Å². The molecule has 0 aromatic heterocycles. The second-order valence-electron chi connectivity index (χ2n) is 11.2. The lowest BCUT2D eigenvalue weighted by Crippen LogP contribution is -2.48. The number of hydrogen-bond donors (Lipinski definition) is 4. The number of aliphatic hydroxyl groups is 1. The summed E-state index contributed by atoms with van der Waals surface area (Å²) in [6, 6.07) is 12.3. The molecule has 0 saturated carbocycles. The van der Waals surface area contributed by atoms with Crippen molar-refractivity contribution in [3.05, 3.63) is 83.7 Å². The topological polar surface area (TPSA) is 123 Å². The molecule has 1 aliphatic heterocycles. The van der Waals surface area contributed by atoms with Gasteiger partial charge in [-0.15, -0.1) is 0 Å². The summed E-state index contributed by atoms with van der Waals surface area (Å²) in [5.41, 5.74) is 0.427. The monoisotopic (exact) mass is 645 g/mol. The van der Waals surface area contributed by atoms with E-state index in [-0.39, 0.29) is 43.6 Å². The molecule has 0 unspecified atom stereocenters. The molecule has 3 aromatic carbocycles. The highest BCUT2D eigenvalue weighted by Gasteiger charge is 2.32. The van der Waals surface area contributed by atoms with Crippen molar-refractivity contribution in [2.24, 2.45) is 5.92 Å². The second-order valence-corrected chi connectivity index (χ2v) is 11.2. The molecule has 246 valence electrons. The van der Waals surface area contributed by atoms with Crippen LogP contribution in [0.25, 0.3) is 0 Å². The molecule has 0 radical (unpaired) electrons. The fourth-order valence-corrected chi connectivity index (χ4v) is 4.87. The minimum Gasteiger partial charge on any atom is -0.488 e. The standard InChI is InChI=1S/C32H35F4N5O5/c1-19-16-41(20(2)18-42)29(43)15-21-14-26(38-30(44)37-24-8-4-22(5-9-24)32(34,35)36)12-13-27(21)46-28(19)17-40(3)31(45)39-25-10-6-23(33)7-11-25/h4-14,19-20,28,42H,15-18H2,1-3H3,(H,39,45)(H2,37,38,44)/t19-,20-,28+/m0/s1. The summed E-state index contributed by atoms with van der Waals surface area (Å²) in [6.45, 7) is 3.65. The molecule has 46 heavy (non-hydrogen) atoms. The number of nitrogens with one attached hydrogen (secondary N) is 3. The Kier molecular flexibility index (Phi) is 10.7. The zero-order chi connectivity index (χ0) is 33.6. The van der Waals surface area contributed by atoms with Gasteiger partial charge in [0.15, 0.2) is 0 Å². The fraction of sp³-hybridized carbons (Fsp3) is 0.344. The molecule has 0 saturated heterocycles. The predicted octanol–water partition coefficient (Wildman–Crippen LogP) is 5.80. The Morgan fingerprint density at radius 3 is 2.22 bits per heavy atom. The van der Waals surface area contributed by atoms with Crippen LogP contribution in [0.1, 0.15) is 25.0 Å². The third-order valence-corrected chi connectivity index (χ3v) is 7.54. The average Bonchev–Trinajstić information content (AvgIpc) is 3.05. The number of fused-ring (bicyclic) bond motifs is 1. The summed E-state index contributed by atoms with van der Waals surface area (Å²) in [5.74, 6) is -0.665. The Labute approximate surface area is 263 Å². The van der Waals surface area contributed by atoms with E-state index in [4.69, 9.17) is 4.74 Å². The number of nitrogens with zero attached hydrogens (tertiary/aromatic N) is 2. The summed E-state index contributed by atoms with van der Waals surface area (Å²) in [6.07, 6.45) is -5.23. The van der Waals surface area contributed by atoms with Gasteiger partial charge in [0.2, 0.25) is 5.91 Å². The number of carbonyl (C=O) groups is 3. The van der Waals surface area contributed by atoms with Crippen molar-refractivity contribution in [3.63, 3.8) is 0 Å². The number of anilines is 3. The van der Waals surface area contributed by atoms with Gasteiger partial charge in [-0.2, -0.15) is 13.2 Å². The SMILES string of the molecule is C[C@H]1CN([C@@H](C)CO)C(=O)Cc2cc(NC(=O)Nc3ccc(C(F)(F)F)cc3)ccc2O[C@@H]1CN(C)C(=O)Nc1ccc(F)cc1. The normalized spacial score (nSPS) is 17.4. The molecule has 14 heteroatoms. The highest BCUT2D eigenvalue weighted by molar-refractivity contribution is 6.00. The van der Waals surface area contributed by atoms with Crippen molar-refractivity contribution in [2.75, 3.05) is 42.7 Å². The average molecular weight is 646 g/mol. The minimum atomic E-state index is -4.51. The molecule has 10 nitrogen and oxygen atoms in total. The van der Waals surface area contributed by atoms with Crippen molar-refractivity contribution in [1.82, 2.24) is 9.80 Å². The maximum atomic E-state index is 13.4. The number of amides is 5. The molecule has 4 N–H and O–H groups in total. The number of carbonyl (C=O) groups excluding carboxylic acids is 3. The van der Waals surface area contributed by atoms with Crippen LogP contribution in [0.2, 0.25) is 0 Å². The van der Waals surface area contributed by atoms with Crippen molar-refractivity contribution in [3.8, 4) is 5.75 Å². The maximum absolute atomic E-state index is 13.4. The smallest absolute Gasteiger partial charge is 0.416 e. The Hall–Kier alpha value is -4.85. The minimum absolute atomic E-state index is 0.110. The first kappa shape index (κ1) is 34.0. The van der Waals surface area contributed by atoms with Crippen molar-refractivity contribution in [2.45, 2.75) is 38.6 Å². The van der Waals surface area contributed by atoms with Crippen LogP contribution in [0.15, 0.2) is 66.7 Å². The Morgan fingerprint density at radius 2 is 1.59 bits per heavy atom. The summed E-state index contributed by atoms with van der Waals surface area (Å²) in [5, 5.41) is 17.6. The van der Waals surface area contributed by atoms with E-state index in [1.807, 2.05) is 6.92 Å². The molecule has 4 rings (SSSR count). The second kappa shape index (κ2) is 14.5. The number of alkyl halides is 3. The fourth-order valence-electron chi connectivity index (χ4n) is 4.87. The largest absolute Gasteiger partial charge is 0.488 e. The number of aliphatic hydroxyl groups excluding tert-OH is 1. The first-order chi connectivity index (χ1) is 21.7. The predicted molar refractivity (Wildman–Crippen MR) is 164 cm³/mol. The zero-order valence-electron chi connectivity index (χ0n) is 25.4. The van der Waals surface area contributed by atoms with Gasteiger partial charge in [0.1, 0.15) is 17.7 Å². The molecule has 1 heterocycles. The van der Waals surface area contributed by atoms with Crippen LogP contribution in [0.4, 0.5) is 44.2 Å². The van der Waals surface area contributed by atoms with Crippen LogP contribution >= 0.6 is 0 Å². The van der Waals surface area contributed by atoms with E-state index in [9.17, 15) is 37.1 Å². The summed E-state index contributed by atoms with van der Waals surface area (Å²) in [4.78, 5) is 42.0. The highest BCUT2D eigenvalue weighted by Crippen LogP contribution is 2.31.